The number of fused-ring (bicyclic) bond motifs is 1. The molecule has 2 amide bonds. The number of hydrogen-bond donors (Lipinski definition) is 1. The molecule has 8 nitrogen and oxygen atoms in total. The van der Waals surface area contributed by atoms with Crippen LogP contribution in [0.2, 0.25) is 0 Å². The van der Waals surface area contributed by atoms with Crippen molar-refractivity contribution >= 4 is 21.7 Å². The molecule has 31 heavy (non-hydrogen) atoms. The van der Waals surface area contributed by atoms with E-state index in [1.807, 2.05) is 6.92 Å². The van der Waals surface area contributed by atoms with Crippen molar-refractivity contribution < 1.29 is 27.5 Å². The minimum atomic E-state index is -3.43. The van der Waals surface area contributed by atoms with Gasteiger partial charge in [0.05, 0.1) is 31.9 Å². The second-order valence-corrected chi connectivity index (χ2v) is 9.66. The summed E-state index contributed by atoms with van der Waals surface area (Å²) >= 11 is 0. The SMILES string of the molecule is CCOc1cc(C(CS(C)(=O)=O)N2Cc3cccc(CC(N)=O)c3C2=O)ccc1OC. The van der Waals surface area contributed by atoms with Gasteiger partial charge in [0.1, 0.15) is 9.84 Å². The molecule has 2 aromatic rings. The van der Waals surface area contributed by atoms with E-state index in [1.165, 1.54) is 12.0 Å². The Morgan fingerprint density at radius 3 is 2.58 bits per heavy atom. The molecule has 1 unspecified atom stereocenters. The van der Waals surface area contributed by atoms with E-state index in [1.54, 1.807) is 36.4 Å². The molecule has 0 saturated carbocycles. The van der Waals surface area contributed by atoms with Crippen molar-refractivity contribution in [2.24, 2.45) is 5.73 Å². The first-order valence-corrected chi connectivity index (χ1v) is 11.9. The molecule has 0 saturated heterocycles. The number of methoxy groups -OCH3 is 1. The zero-order valence-corrected chi connectivity index (χ0v) is 18.6. The van der Waals surface area contributed by atoms with Crippen molar-refractivity contribution in [3.8, 4) is 11.5 Å². The Morgan fingerprint density at radius 2 is 1.97 bits per heavy atom. The molecule has 3 rings (SSSR count). The summed E-state index contributed by atoms with van der Waals surface area (Å²) in [7, 11) is -1.91. The van der Waals surface area contributed by atoms with Crippen LogP contribution in [0, 0.1) is 0 Å². The number of ether oxygens (including phenoxy) is 2. The van der Waals surface area contributed by atoms with E-state index in [2.05, 4.69) is 0 Å². The molecule has 0 aliphatic carbocycles. The molecule has 9 heteroatoms. The summed E-state index contributed by atoms with van der Waals surface area (Å²) in [6.45, 7) is 2.47. The molecule has 2 N–H and O–H groups in total. The lowest BCUT2D eigenvalue weighted by Crippen LogP contribution is -2.34. The van der Waals surface area contributed by atoms with E-state index >= 15 is 0 Å². The average Bonchev–Trinajstić information content (AvgIpc) is 3.03. The maximum absolute atomic E-state index is 13.4. The van der Waals surface area contributed by atoms with Crippen molar-refractivity contribution in [3.05, 3.63) is 58.7 Å². The molecule has 0 aromatic heterocycles. The monoisotopic (exact) mass is 446 g/mol. The number of carbonyl (C=O) groups excluding carboxylic acids is 2. The van der Waals surface area contributed by atoms with Gasteiger partial charge in [-0.3, -0.25) is 9.59 Å². The van der Waals surface area contributed by atoms with Gasteiger partial charge in [0.15, 0.2) is 11.5 Å². The third-order valence-corrected chi connectivity index (χ3v) is 6.05. The van der Waals surface area contributed by atoms with Crippen LogP contribution in [0.1, 0.15) is 40.0 Å². The van der Waals surface area contributed by atoms with Crippen LogP contribution >= 0.6 is 0 Å². The quantitative estimate of drug-likeness (QED) is 0.629. The third-order valence-electron chi connectivity index (χ3n) is 5.13. The number of rotatable bonds is 9. The lowest BCUT2D eigenvalue weighted by atomic mass is 10.0. The minimum absolute atomic E-state index is 0.0590. The summed E-state index contributed by atoms with van der Waals surface area (Å²) < 4.78 is 35.4. The topological polar surface area (TPSA) is 116 Å². The highest BCUT2D eigenvalue weighted by Gasteiger charge is 2.37. The van der Waals surface area contributed by atoms with Gasteiger partial charge in [-0.1, -0.05) is 24.3 Å². The van der Waals surface area contributed by atoms with Crippen molar-refractivity contribution in [2.75, 3.05) is 25.7 Å². The number of nitrogens with two attached hydrogens (primary N) is 1. The second kappa shape index (κ2) is 8.97. The fraction of sp³-hybridized carbons (Fsp3) is 0.364. The normalized spacial score (nSPS) is 14.3. The molecule has 1 atom stereocenters. The highest BCUT2D eigenvalue weighted by atomic mass is 32.2. The first kappa shape index (κ1) is 22.6. The third kappa shape index (κ3) is 4.99. The van der Waals surface area contributed by atoms with Gasteiger partial charge in [-0.15, -0.1) is 0 Å². The van der Waals surface area contributed by atoms with E-state index in [0.29, 0.717) is 34.8 Å². The van der Waals surface area contributed by atoms with Crippen LogP contribution in [-0.4, -0.2) is 50.9 Å². The number of hydrogen-bond acceptors (Lipinski definition) is 6. The predicted octanol–water partition coefficient (Wildman–Crippen LogP) is 1.86. The highest BCUT2D eigenvalue weighted by Crippen LogP contribution is 2.37. The van der Waals surface area contributed by atoms with E-state index < -0.39 is 21.8 Å². The molecule has 0 spiro atoms. The largest absolute Gasteiger partial charge is 0.493 e. The van der Waals surface area contributed by atoms with Gasteiger partial charge in [0.25, 0.3) is 5.91 Å². The first-order chi connectivity index (χ1) is 14.6. The first-order valence-electron chi connectivity index (χ1n) is 9.83. The number of sulfone groups is 1. The Bertz CT molecular complexity index is 1110. The molecular formula is C22H26N2O6S. The second-order valence-electron chi connectivity index (χ2n) is 7.48. The Morgan fingerprint density at radius 1 is 1.23 bits per heavy atom. The van der Waals surface area contributed by atoms with Gasteiger partial charge in [0.2, 0.25) is 5.91 Å². The van der Waals surface area contributed by atoms with Crippen LogP contribution < -0.4 is 15.2 Å². The maximum Gasteiger partial charge on any atom is 0.255 e. The minimum Gasteiger partial charge on any atom is -0.493 e. The lowest BCUT2D eigenvalue weighted by Gasteiger charge is -2.28. The van der Waals surface area contributed by atoms with Crippen LogP contribution in [0.3, 0.4) is 0 Å². The zero-order valence-electron chi connectivity index (χ0n) is 17.8. The molecule has 1 aliphatic heterocycles. The summed E-state index contributed by atoms with van der Waals surface area (Å²) in [5, 5.41) is 0. The smallest absolute Gasteiger partial charge is 0.255 e. The Hall–Kier alpha value is -3.07. The number of amides is 2. The Labute approximate surface area is 181 Å². The molecular weight excluding hydrogens is 420 g/mol. The molecule has 0 bridgehead atoms. The van der Waals surface area contributed by atoms with Crippen LogP contribution in [-0.2, 0) is 27.6 Å². The van der Waals surface area contributed by atoms with Gasteiger partial charge in [0, 0.05) is 18.4 Å². The van der Waals surface area contributed by atoms with Crippen molar-refractivity contribution in [3.63, 3.8) is 0 Å². The number of nitrogens with zero attached hydrogens (tertiary/aromatic N) is 1. The van der Waals surface area contributed by atoms with Gasteiger partial charge in [-0.2, -0.15) is 0 Å². The van der Waals surface area contributed by atoms with Crippen LogP contribution in [0.25, 0.3) is 0 Å². The van der Waals surface area contributed by atoms with Gasteiger partial charge >= 0.3 is 0 Å². The Kier molecular flexibility index (Phi) is 6.54. The fourth-order valence-corrected chi connectivity index (χ4v) is 4.81. The number of benzene rings is 2. The van der Waals surface area contributed by atoms with E-state index in [-0.39, 0.29) is 24.6 Å². The summed E-state index contributed by atoms with van der Waals surface area (Å²) in [5.41, 5.74) is 7.65. The average molecular weight is 447 g/mol. The van der Waals surface area contributed by atoms with Crippen molar-refractivity contribution in [2.45, 2.75) is 25.9 Å². The summed E-state index contributed by atoms with van der Waals surface area (Å²) in [5.74, 6) is -0.128. The predicted molar refractivity (Wildman–Crippen MR) is 116 cm³/mol. The fourth-order valence-electron chi connectivity index (χ4n) is 3.87. The molecule has 1 heterocycles. The molecule has 2 aromatic carbocycles. The lowest BCUT2D eigenvalue weighted by molar-refractivity contribution is -0.117. The maximum atomic E-state index is 13.4. The molecule has 0 radical (unpaired) electrons. The zero-order chi connectivity index (χ0) is 22.8. The summed E-state index contributed by atoms with van der Waals surface area (Å²) in [6.07, 6.45) is 1.08. The van der Waals surface area contributed by atoms with Crippen LogP contribution in [0.15, 0.2) is 36.4 Å². The summed E-state index contributed by atoms with van der Waals surface area (Å²) in [4.78, 5) is 26.3. The van der Waals surface area contributed by atoms with E-state index in [4.69, 9.17) is 15.2 Å². The van der Waals surface area contributed by atoms with E-state index in [0.717, 1.165) is 11.8 Å². The van der Waals surface area contributed by atoms with Crippen molar-refractivity contribution in [1.82, 2.24) is 4.90 Å². The van der Waals surface area contributed by atoms with Crippen LogP contribution in [0.5, 0.6) is 11.5 Å². The van der Waals surface area contributed by atoms with Gasteiger partial charge in [-0.25, -0.2) is 8.42 Å². The molecule has 166 valence electrons. The number of primary amides is 1. The van der Waals surface area contributed by atoms with Gasteiger partial charge < -0.3 is 20.1 Å². The standard InChI is InChI=1S/C22H26N2O6S/c1-4-30-19-10-14(8-9-18(19)29-2)17(13-31(3,27)28)24-12-16-7-5-6-15(11-20(23)25)21(16)22(24)26/h5-10,17H,4,11-13H2,1-3H3,(H2,23,25). The molecule has 0 fully saturated rings. The highest BCUT2D eigenvalue weighted by molar-refractivity contribution is 7.90. The molecule has 1 aliphatic rings. The van der Waals surface area contributed by atoms with Crippen molar-refractivity contribution in [1.29, 1.82) is 0 Å². The van der Waals surface area contributed by atoms with Crippen LogP contribution in [0.4, 0.5) is 0 Å². The van der Waals surface area contributed by atoms with E-state index in [9.17, 15) is 18.0 Å². The Balaban J connectivity index is 2.06. The number of carbonyl (C=O) groups is 2. The summed E-state index contributed by atoms with van der Waals surface area (Å²) in [6, 6.07) is 9.66. The van der Waals surface area contributed by atoms with Gasteiger partial charge in [-0.05, 0) is 35.7 Å².